The molecule has 1 aromatic heterocycles. The Hall–Kier alpha value is -4.28. The number of fused-ring (bicyclic) bond motifs is 1. The summed E-state index contributed by atoms with van der Waals surface area (Å²) in [5, 5.41) is 12.9. The first-order chi connectivity index (χ1) is 17.3. The van der Waals surface area contributed by atoms with E-state index >= 15 is 0 Å². The normalized spacial score (nSPS) is 11.5. The lowest BCUT2D eigenvalue weighted by atomic mass is 9.94. The maximum atomic E-state index is 14.3. The Morgan fingerprint density at radius 3 is 2.61 bits per heavy atom. The van der Waals surface area contributed by atoms with E-state index in [2.05, 4.69) is 16.4 Å². The number of methoxy groups -OCH3 is 1. The molecule has 3 aromatic carbocycles. The van der Waals surface area contributed by atoms with Crippen LogP contribution in [0.1, 0.15) is 27.0 Å². The van der Waals surface area contributed by atoms with Crippen LogP contribution in [0.5, 0.6) is 0 Å². The smallest absolute Gasteiger partial charge is 0.328 e. The molecule has 4 aromatic rings. The first-order valence-corrected chi connectivity index (χ1v) is 11.4. The van der Waals surface area contributed by atoms with Crippen molar-refractivity contribution >= 4 is 34.4 Å². The second-order valence-corrected chi connectivity index (χ2v) is 8.57. The highest BCUT2D eigenvalue weighted by Gasteiger charge is 2.26. The highest BCUT2D eigenvalue weighted by Crippen LogP contribution is 2.34. The highest BCUT2D eigenvalue weighted by atomic mass is 35.5. The number of rotatable bonds is 6. The van der Waals surface area contributed by atoms with Gasteiger partial charge < -0.3 is 10.1 Å². The summed E-state index contributed by atoms with van der Waals surface area (Å²) in [6, 6.07) is 17.6. The van der Waals surface area contributed by atoms with E-state index < -0.39 is 23.7 Å². The molecule has 0 bridgehead atoms. The molecule has 0 aliphatic heterocycles. The average molecular weight is 502 g/mol. The standard InChI is InChI=1S/C28H21ClFN3O3/c1-16-5-3-7-23(30)25(16)27(34)33-24(28(35)36-2)14-18-9-11-21(26-19(18)6-4-12-32-26)20-10-8-17(15-31)13-22(20)29/h3-13,24H,14H2,1-2H3,(H,33,34)/t24-/m0/s1. The Kier molecular flexibility index (Phi) is 7.28. The van der Waals surface area contributed by atoms with E-state index in [0.717, 1.165) is 16.5 Å². The maximum absolute atomic E-state index is 14.3. The number of nitrogens with one attached hydrogen (secondary N) is 1. The molecular formula is C28H21ClFN3O3. The highest BCUT2D eigenvalue weighted by molar-refractivity contribution is 6.33. The molecule has 0 unspecified atom stereocenters. The zero-order valence-corrected chi connectivity index (χ0v) is 20.3. The van der Waals surface area contributed by atoms with Crippen LogP contribution in [-0.4, -0.2) is 30.0 Å². The molecule has 6 nitrogen and oxygen atoms in total. The summed E-state index contributed by atoms with van der Waals surface area (Å²) in [4.78, 5) is 30.0. The molecule has 0 aliphatic carbocycles. The maximum Gasteiger partial charge on any atom is 0.328 e. The summed E-state index contributed by atoms with van der Waals surface area (Å²) >= 11 is 6.45. The molecule has 0 saturated carbocycles. The van der Waals surface area contributed by atoms with Crippen LogP contribution in [0, 0.1) is 24.1 Å². The Morgan fingerprint density at radius 2 is 1.92 bits per heavy atom. The first-order valence-electron chi connectivity index (χ1n) is 11.0. The van der Waals surface area contributed by atoms with E-state index in [9.17, 15) is 14.0 Å². The van der Waals surface area contributed by atoms with Crippen molar-refractivity contribution in [1.82, 2.24) is 10.3 Å². The quantitative estimate of drug-likeness (QED) is 0.358. The van der Waals surface area contributed by atoms with Crippen molar-refractivity contribution in [3.05, 3.63) is 100.0 Å². The van der Waals surface area contributed by atoms with E-state index in [-0.39, 0.29) is 12.0 Å². The number of hydrogen-bond donors (Lipinski definition) is 1. The van der Waals surface area contributed by atoms with Gasteiger partial charge in [0, 0.05) is 34.2 Å². The molecule has 1 N–H and O–H groups in total. The van der Waals surface area contributed by atoms with Crippen molar-refractivity contribution in [3.63, 3.8) is 0 Å². The van der Waals surface area contributed by atoms with E-state index in [1.165, 1.54) is 19.2 Å². The Morgan fingerprint density at radius 1 is 1.14 bits per heavy atom. The second-order valence-electron chi connectivity index (χ2n) is 8.16. The van der Waals surface area contributed by atoms with Crippen LogP contribution in [0.4, 0.5) is 4.39 Å². The summed E-state index contributed by atoms with van der Waals surface area (Å²) in [5.41, 5.74) is 3.61. The topological polar surface area (TPSA) is 92.1 Å². The molecule has 1 amide bonds. The number of esters is 1. The number of amides is 1. The summed E-state index contributed by atoms with van der Waals surface area (Å²) < 4.78 is 19.3. The zero-order valence-electron chi connectivity index (χ0n) is 19.5. The van der Waals surface area contributed by atoms with E-state index in [1.807, 2.05) is 18.2 Å². The number of benzene rings is 3. The number of ether oxygens (including phenoxy) is 1. The van der Waals surface area contributed by atoms with Gasteiger partial charge >= 0.3 is 5.97 Å². The van der Waals surface area contributed by atoms with Gasteiger partial charge in [0.2, 0.25) is 0 Å². The summed E-state index contributed by atoms with van der Waals surface area (Å²) in [7, 11) is 1.23. The number of carbonyl (C=O) groups excluding carboxylic acids is 2. The number of pyridine rings is 1. The van der Waals surface area contributed by atoms with Crippen LogP contribution in [0.15, 0.2) is 66.9 Å². The third kappa shape index (κ3) is 4.90. The Balaban J connectivity index is 1.72. The first kappa shape index (κ1) is 24.8. The lowest BCUT2D eigenvalue weighted by Gasteiger charge is -2.19. The van der Waals surface area contributed by atoms with Crippen LogP contribution in [-0.2, 0) is 16.0 Å². The van der Waals surface area contributed by atoms with Crippen molar-refractivity contribution in [2.24, 2.45) is 0 Å². The lowest BCUT2D eigenvalue weighted by Crippen LogP contribution is -2.43. The molecule has 4 rings (SSSR count). The number of aromatic nitrogens is 1. The van der Waals surface area contributed by atoms with Crippen molar-refractivity contribution in [3.8, 4) is 17.2 Å². The van der Waals surface area contributed by atoms with E-state index in [1.54, 1.807) is 43.5 Å². The molecular weight excluding hydrogens is 481 g/mol. The molecule has 8 heteroatoms. The number of carbonyl (C=O) groups is 2. The molecule has 0 aliphatic rings. The largest absolute Gasteiger partial charge is 0.467 e. The minimum Gasteiger partial charge on any atom is -0.467 e. The molecule has 0 saturated heterocycles. The minimum atomic E-state index is -1.06. The van der Waals surface area contributed by atoms with Crippen molar-refractivity contribution < 1.29 is 18.7 Å². The molecule has 0 fully saturated rings. The van der Waals surface area contributed by atoms with Crippen LogP contribution < -0.4 is 5.32 Å². The van der Waals surface area contributed by atoms with Crippen LogP contribution in [0.2, 0.25) is 5.02 Å². The predicted molar refractivity (Wildman–Crippen MR) is 135 cm³/mol. The Bertz CT molecular complexity index is 1510. The molecule has 36 heavy (non-hydrogen) atoms. The number of nitriles is 1. The van der Waals surface area contributed by atoms with E-state index in [0.29, 0.717) is 27.2 Å². The predicted octanol–water partition coefficient (Wildman–Crippen LogP) is 5.39. The minimum absolute atomic E-state index is 0.0927. The van der Waals surface area contributed by atoms with Gasteiger partial charge in [0.1, 0.15) is 11.9 Å². The van der Waals surface area contributed by atoms with Crippen molar-refractivity contribution in [2.75, 3.05) is 7.11 Å². The molecule has 1 atom stereocenters. The number of aryl methyl sites for hydroxylation is 1. The summed E-state index contributed by atoms with van der Waals surface area (Å²) in [5.74, 6) is -2.03. The van der Waals surface area contributed by atoms with Crippen molar-refractivity contribution in [2.45, 2.75) is 19.4 Å². The fraction of sp³-hybridized carbons (Fsp3) is 0.143. The van der Waals surface area contributed by atoms with Gasteiger partial charge in [-0.2, -0.15) is 5.26 Å². The average Bonchev–Trinajstić information content (AvgIpc) is 2.88. The Labute approximate surface area is 212 Å². The fourth-order valence-corrected chi connectivity index (χ4v) is 4.42. The van der Waals surface area contributed by atoms with Crippen LogP contribution >= 0.6 is 11.6 Å². The molecule has 1 heterocycles. The fourth-order valence-electron chi connectivity index (χ4n) is 4.14. The van der Waals surface area contributed by atoms with Crippen molar-refractivity contribution in [1.29, 1.82) is 5.26 Å². The number of hydrogen-bond acceptors (Lipinski definition) is 5. The van der Waals surface area contributed by atoms with Gasteiger partial charge in [-0.05, 0) is 42.3 Å². The van der Waals surface area contributed by atoms with Gasteiger partial charge in [-0.3, -0.25) is 9.78 Å². The SMILES string of the molecule is COC(=O)[C@H](Cc1ccc(-c2ccc(C#N)cc2Cl)c2ncccc12)NC(=O)c1c(C)cccc1F. The van der Waals surface area contributed by atoms with Gasteiger partial charge in [-0.25, -0.2) is 9.18 Å². The monoisotopic (exact) mass is 501 g/mol. The van der Waals surface area contributed by atoms with Gasteiger partial charge in [0.25, 0.3) is 5.91 Å². The number of halogens is 2. The lowest BCUT2D eigenvalue weighted by molar-refractivity contribution is -0.142. The van der Waals surface area contributed by atoms with Crippen LogP contribution in [0.3, 0.4) is 0 Å². The third-order valence-electron chi connectivity index (χ3n) is 5.91. The second kappa shape index (κ2) is 10.5. The summed E-state index contributed by atoms with van der Waals surface area (Å²) in [6.07, 6.45) is 1.74. The zero-order chi connectivity index (χ0) is 25.8. The number of nitrogens with zero attached hydrogens (tertiary/aromatic N) is 2. The molecule has 0 radical (unpaired) electrons. The molecule has 0 spiro atoms. The van der Waals surface area contributed by atoms with Gasteiger partial charge in [-0.15, -0.1) is 0 Å². The summed E-state index contributed by atoms with van der Waals surface area (Å²) in [6.45, 7) is 1.62. The van der Waals surface area contributed by atoms with Gasteiger partial charge in [0.05, 0.1) is 29.8 Å². The third-order valence-corrected chi connectivity index (χ3v) is 6.23. The van der Waals surface area contributed by atoms with Gasteiger partial charge in [-0.1, -0.05) is 48.0 Å². The van der Waals surface area contributed by atoms with Crippen LogP contribution in [0.25, 0.3) is 22.0 Å². The van der Waals surface area contributed by atoms with Gasteiger partial charge in [0.15, 0.2) is 0 Å². The van der Waals surface area contributed by atoms with E-state index in [4.69, 9.17) is 21.6 Å². The molecule has 180 valence electrons.